The lowest BCUT2D eigenvalue weighted by molar-refractivity contribution is 0.107. The van der Waals surface area contributed by atoms with Crippen LogP contribution in [0.1, 0.15) is 79.6 Å². The second kappa shape index (κ2) is 8.29. The minimum atomic E-state index is 0.587. The van der Waals surface area contributed by atoms with Gasteiger partial charge in [0.1, 0.15) is 0 Å². The first-order valence-corrected chi connectivity index (χ1v) is 8.65. The Kier molecular flexibility index (Phi) is 7.42. The fraction of sp³-hybridized carbons (Fsp3) is 1.00. The van der Waals surface area contributed by atoms with Gasteiger partial charge >= 0.3 is 0 Å². The topological polar surface area (TPSA) is 12.0 Å². The van der Waals surface area contributed by atoms with Gasteiger partial charge in [0.25, 0.3) is 0 Å². The van der Waals surface area contributed by atoms with Gasteiger partial charge in [-0.05, 0) is 61.9 Å². The molecule has 1 saturated carbocycles. The Morgan fingerprint density at radius 1 is 1.21 bits per heavy atom. The number of rotatable bonds is 8. The average Bonchev–Trinajstić information content (AvgIpc) is 2.31. The molecular formula is C18H37N. The summed E-state index contributed by atoms with van der Waals surface area (Å²) in [6.07, 6.45) is 9.87. The van der Waals surface area contributed by atoms with E-state index in [1.165, 1.54) is 58.0 Å². The largest absolute Gasteiger partial charge is 0.316 e. The van der Waals surface area contributed by atoms with Gasteiger partial charge < -0.3 is 5.32 Å². The van der Waals surface area contributed by atoms with E-state index in [1.807, 2.05) is 0 Å². The van der Waals surface area contributed by atoms with E-state index in [4.69, 9.17) is 0 Å². The van der Waals surface area contributed by atoms with Gasteiger partial charge in [-0.3, -0.25) is 0 Å². The van der Waals surface area contributed by atoms with E-state index >= 15 is 0 Å². The van der Waals surface area contributed by atoms with Crippen LogP contribution in [-0.4, -0.2) is 13.1 Å². The van der Waals surface area contributed by atoms with E-state index in [0.717, 1.165) is 17.8 Å². The number of nitrogens with one attached hydrogen (secondary N) is 1. The summed E-state index contributed by atoms with van der Waals surface area (Å²) >= 11 is 0. The summed E-state index contributed by atoms with van der Waals surface area (Å²) in [5.74, 6) is 2.77. The molecule has 0 radical (unpaired) electrons. The third kappa shape index (κ3) is 6.79. The monoisotopic (exact) mass is 267 g/mol. The van der Waals surface area contributed by atoms with Gasteiger partial charge in [0.05, 0.1) is 0 Å². The van der Waals surface area contributed by atoms with Crippen LogP contribution in [0.4, 0.5) is 0 Å². The maximum atomic E-state index is 3.66. The Morgan fingerprint density at radius 3 is 2.58 bits per heavy atom. The molecule has 0 amide bonds. The second-order valence-corrected chi connectivity index (χ2v) is 7.96. The highest BCUT2D eigenvalue weighted by molar-refractivity contribution is 4.86. The molecule has 0 aromatic rings. The quantitative estimate of drug-likeness (QED) is 0.592. The van der Waals surface area contributed by atoms with Crippen molar-refractivity contribution in [3.8, 4) is 0 Å². The molecule has 1 nitrogen and oxygen atoms in total. The molecule has 2 unspecified atom stereocenters. The molecule has 114 valence electrons. The highest BCUT2D eigenvalue weighted by Gasteiger charge is 2.34. The maximum absolute atomic E-state index is 3.66. The zero-order valence-electron chi connectivity index (χ0n) is 14.1. The summed E-state index contributed by atoms with van der Waals surface area (Å²) in [5, 5.41) is 3.66. The predicted octanol–water partition coefficient (Wildman–Crippen LogP) is 5.25. The molecule has 1 N–H and O–H groups in total. The highest BCUT2D eigenvalue weighted by Crippen LogP contribution is 2.43. The molecule has 0 aromatic carbocycles. The number of hydrogen-bond acceptors (Lipinski definition) is 1. The molecule has 0 heterocycles. The Hall–Kier alpha value is -0.0400. The van der Waals surface area contributed by atoms with E-state index in [0.29, 0.717) is 5.41 Å². The summed E-state index contributed by atoms with van der Waals surface area (Å²) in [7, 11) is 0. The molecular weight excluding hydrogens is 230 g/mol. The Bertz CT molecular complexity index is 232. The van der Waals surface area contributed by atoms with Crippen molar-refractivity contribution in [1.29, 1.82) is 0 Å². The summed E-state index contributed by atoms with van der Waals surface area (Å²) in [5.41, 5.74) is 0.587. The molecule has 0 bridgehead atoms. The van der Waals surface area contributed by atoms with Crippen LogP contribution in [-0.2, 0) is 0 Å². The van der Waals surface area contributed by atoms with Crippen molar-refractivity contribution < 1.29 is 0 Å². The van der Waals surface area contributed by atoms with Crippen LogP contribution >= 0.6 is 0 Å². The first-order chi connectivity index (χ1) is 8.94. The third-order valence-corrected chi connectivity index (χ3v) is 4.86. The molecule has 1 heteroatoms. The minimum absolute atomic E-state index is 0.587. The van der Waals surface area contributed by atoms with Crippen LogP contribution in [0.15, 0.2) is 0 Å². The SMILES string of the molecule is CCCNCC1CCC(C)(C)CC1CCCC(C)C. The fourth-order valence-corrected chi connectivity index (χ4v) is 3.65. The molecule has 19 heavy (non-hydrogen) atoms. The van der Waals surface area contributed by atoms with Gasteiger partial charge in [-0.25, -0.2) is 0 Å². The van der Waals surface area contributed by atoms with Crippen molar-refractivity contribution in [2.45, 2.75) is 79.6 Å². The van der Waals surface area contributed by atoms with E-state index < -0.39 is 0 Å². The standard InChI is InChI=1S/C18H37N/c1-6-12-19-14-17-10-11-18(4,5)13-16(17)9-7-8-15(2)3/h15-17,19H,6-14H2,1-5H3. The zero-order chi connectivity index (χ0) is 14.3. The van der Waals surface area contributed by atoms with Gasteiger partial charge in [-0.1, -0.05) is 53.9 Å². The van der Waals surface area contributed by atoms with Crippen LogP contribution in [0, 0.1) is 23.2 Å². The van der Waals surface area contributed by atoms with E-state index in [9.17, 15) is 0 Å². The van der Waals surface area contributed by atoms with Crippen molar-refractivity contribution in [2.75, 3.05) is 13.1 Å². The smallest absolute Gasteiger partial charge is 0.00179 e. The van der Waals surface area contributed by atoms with Gasteiger partial charge in [0.15, 0.2) is 0 Å². The minimum Gasteiger partial charge on any atom is -0.316 e. The lowest BCUT2D eigenvalue weighted by Gasteiger charge is -2.41. The van der Waals surface area contributed by atoms with Crippen molar-refractivity contribution in [2.24, 2.45) is 23.2 Å². The normalized spacial score (nSPS) is 26.8. The van der Waals surface area contributed by atoms with Gasteiger partial charge in [0, 0.05) is 0 Å². The molecule has 0 aliphatic heterocycles. The van der Waals surface area contributed by atoms with Crippen LogP contribution in [0.3, 0.4) is 0 Å². The molecule has 1 fully saturated rings. The van der Waals surface area contributed by atoms with Crippen molar-refractivity contribution in [3.05, 3.63) is 0 Å². The van der Waals surface area contributed by atoms with Crippen LogP contribution in [0.5, 0.6) is 0 Å². The van der Waals surface area contributed by atoms with Crippen LogP contribution in [0.25, 0.3) is 0 Å². The Morgan fingerprint density at radius 2 is 1.95 bits per heavy atom. The van der Waals surface area contributed by atoms with Gasteiger partial charge in [-0.15, -0.1) is 0 Å². The van der Waals surface area contributed by atoms with Crippen LogP contribution < -0.4 is 5.32 Å². The Balaban J connectivity index is 2.41. The first-order valence-electron chi connectivity index (χ1n) is 8.65. The van der Waals surface area contributed by atoms with Gasteiger partial charge in [-0.2, -0.15) is 0 Å². The highest BCUT2D eigenvalue weighted by atomic mass is 14.9. The van der Waals surface area contributed by atoms with Crippen molar-refractivity contribution >= 4 is 0 Å². The van der Waals surface area contributed by atoms with E-state index in [1.54, 1.807) is 0 Å². The predicted molar refractivity (Wildman–Crippen MR) is 86.5 cm³/mol. The zero-order valence-corrected chi connectivity index (χ0v) is 14.1. The molecule has 0 saturated heterocycles. The summed E-state index contributed by atoms with van der Waals surface area (Å²) in [6, 6.07) is 0. The van der Waals surface area contributed by atoms with Crippen molar-refractivity contribution in [1.82, 2.24) is 5.32 Å². The molecule has 0 aromatic heterocycles. The summed E-state index contributed by atoms with van der Waals surface area (Å²) in [4.78, 5) is 0. The molecule has 0 spiro atoms. The fourth-order valence-electron chi connectivity index (χ4n) is 3.65. The molecule has 2 atom stereocenters. The van der Waals surface area contributed by atoms with E-state index in [-0.39, 0.29) is 0 Å². The van der Waals surface area contributed by atoms with E-state index in [2.05, 4.69) is 39.9 Å². The summed E-state index contributed by atoms with van der Waals surface area (Å²) in [6.45, 7) is 14.4. The third-order valence-electron chi connectivity index (χ3n) is 4.86. The molecule has 1 rings (SSSR count). The molecule has 1 aliphatic rings. The lowest BCUT2D eigenvalue weighted by atomic mass is 9.65. The van der Waals surface area contributed by atoms with Crippen molar-refractivity contribution in [3.63, 3.8) is 0 Å². The first kappa shape index (κ1) is 17.0. The Labute approximate surface area is 121 Å². The van der Waals surface area contributed by atoms with Gasteiger partial charge in [0.2, 0.25) is 0 Å². The average molecular weight is 268 g/mol. The number of hydrogen-bond donors (Lipinski definition) is 1. The lowest BCUT2D eigenvalue weighted by Crippen LogP contribution is -2.36. The maximum Gasteiger partial charge on any atom is -0.00179 e. The van der Waals surface area contributed by atoms with Crippen LogP contribution in [0.2, 0.25) is 0 Å². The second-order valence-electron chi connectivity index (χ2n) is 7.96. The molecule has 1 aliphatic carbocycles. The summed E-state index contributed by atoms with van der Waals surface area (Å²) < 4.78 is 0.